The van der Waals surface area contributed by atoms with Gasteiger partial charge in [0.05, 0.1) is 30.1 Å². The highest BCUT2D eigenvalue weighted by Gasteiger charge is 2.22. The van der Waals surface area contributed by atoms with Gasteiger partial charge in [0.2, 0.25) is 5.76 Å². The molecule has 0 saturated heterocycles. The number of aromatic nitrogens is 2. The fourth-order valence-corrected chi connectivity index (χ4v) is 4.03. The second-order valence-corrected chi connectivity index (χ2v) is 7.76. The molecular formula is C21H25BrN2O4. The molecule has 0 amide bonds. The number of esters is 1. The van der Waals surface area contributed by atoms with Gasteiger partial charge in [0.1, 0.15) is 12.0 Å². The van der Waals surface area contributed by atoms with Crippen molar-refractivity contribution in [1.82, 2.24) is 9.78 Å². The molecule has 0 bridgehead atoms. The molecule has 1 aliphatic rings. The Morgan fingerprint density at radius 2 is 2.00 bits per heavy atom. The van der Waals surface area contributed by atoms with E-state index in [0.717, 1.165) is 21.4 Å². The summed E-state index contributed by atoms with van der Waals surface area (Å²) in [4.78, 5) is 11.9. The number of methoxy groups -OCH3 is 2. The summed E-state index contributed by atoms with van der Waals surface area (Å²) in [7, 11) is 2.75. The average Bonchev–Trinajstić information content (AvgIpc) is 3.10. The van der Waals surface area contributed by atoms with Crippen molar-refractivity contribution in [3.63, 3.8) is 0 Å². The third-order valence-corrected chi connectivity index (χ3v) is 5.57. The van der Waals surface area contributed by atoms with E-state index in [2.05, 4.69) is 15.9 Å². The number of carbonyl (C=O) groups is 1. The van der Waals surface area contributed by atoms with Crippen LogP contribution in [0.15, 0.2) is 40.9 Å². The van der Waals surface area contributed by atoms with Crippen molar-refractivity contribution in [2.24, 2.45) is 0 Å². The van der Waals surface area contributed by atoms with Crippen LogP contribution in [0, 0.1) is 6.92 Å². The lowest BCUT2D eigenvalue weighted by molar-refractivity contribution is -0.138. The van der Waals surface area contributed by atoms with E-state index >= 15 is 0 Å². The minimum absolute atomic E-state index is 0.0187. The number of hydrogen-bond donors (Lipinski definition) is 0. The van der Waals surface area contributed by atoms with Gasteiger partial charge in [0.25, 0.3) is 0 Å². The van der Waals surface area contributed by atoms with Crippen molar-refractivity contribution in [3.05, 3.63) is 52.1 Å². The molecule has 150 valence electrons. The molecule has 1 heterocycles. The van der Waals surface area contributed by atoms with E-state index in [9.17, 15) is 4.79 Å². The maximum Gasteiger partial charge on any atom is 0.377 e. The van der Waals surface area contributed by atoms with Crippen molar-refractivity contribution in [3.8, 4) is 11.4 Å². The van der Waals surface area contributed by atoms with Crippen LogP contribution in [0.25, 0.3) is 5.69 Å². The van der Waals surface area contributed by atoms with Crippen LogP contribution in [0.1, 0.15) is 49.3 Å². The molecule has 28 heavy (non-hydrogen) atoms. The lowest BCUT2D eigenvalue weighted by atomic mass is 9.87. The van der Waals surface area contributed by atoms with Crippen molar-refractivity contribution in [1.29, 1.82) is 0 Å². The van der Waals surface area contributed by atoms with Crippen LogP contribution in [0.3, 0.4) is 0 Å². The van der Waals surface area contributed by atoms with Crippen molar-refractivity contribution < 1.29 is 19.0 Å². The minimum Gasteiger partial charge on any atom is -0.500 e. The molecule has 6 nitrogen and oxygen atoms in total. The van der Waals surface area contributed by atoms with E-state index in [1.807, 2.05) is 36.0 Å². The Balaban J connectivity index is 1.89. The van der Waals surface area contributed by atoms with E-state index in [4.69, 9.17) is 19.3 Å². The zero-order valence-electron chi connectivity index (χ0n) is 16.4. The van der Waals surface area contributed by atoms with E-state index in [1.165, 1.54) is 52.6 Å². The Hall–Kier alpha value is -2.28. The summed E-state index contributed by atoms with van der Waals surface area (Å²) in [6, 6.07) is 5.76. The highest BCUT2D eigenvalue weighted by molar-refractivity contribution is 9.10. The first-order valence-electron chi connectivity index (χ1n) is 9.38. The fraction of sp³-hybridized carbons (Fsp3) is 0.429. The Morgan fingerprint density at radius 3 is 2.68 bits per heavy atom. The molecule has 0 N–H and O–H groups in total. The molecule has 1 aromatic heterocycles. The maximum atomic E-state index is 11.9. The molecule has 0 atom stereocenters. The molecule has 0 unspecified atom stereocenters. The summed E-state index contributed by atoms with van der Waals surface area (Å²) >= 11 is 3.67. The highest BCUT2D eigenvalue weighted by atomic mass is 79.9. The molecule has 1 fully saturated rings. The van der Waals surface area contributed by atoms with E-state index in [1.54, 1.807) is 0 Å². The van der Waals surface area contributed by atoms with Gasteiger partial charge < -0.3 is 14.2 Å². The summed E-state index contributed by atoms with van der Waals surface area (Å²) in [6.07, 6.45) is 9.40. The van der Waals surface area contributed by atoms with Gasteiger partial charge in [-0.05, 0) is 47.3 Å². The Bertz CT molecular complexity index is 869. The van der Waals surface area contributed by atoms with Crippen LogP contribution >= 0.6 is 15.9 Å². The second kappa shape index (κ2) is 9.28. The first kappa shape index (κ1) is 20.5. The molecular weight excluding hydrogens is 424 g/mol. The van der Waals surface area contributed by atoms with Crippen molar-refractivity contribution >= 4 is 21.9 Å². The zero-order chi connectivity index (χ0) is 20.1. The van der Waals surface area contributed by atoms with Gasteiger partial charge in [0.15, 0.2) is 0 Å². The topological polar surface area (TPSA) is 62.6 Å². The summed E-state index contributed by atoms with van der Waals surface area (Å²) in [6.45, 7) is 1.91. The second-order valence-electron chi connectivity index (χ2n) is 6.90. The first-order valence-corrected chi connectivity index (χ1v) is 10.2. The SMILES string of the molecule is CO/C=C(\Oc1cc(-n2cc(Br)c(C3CCCCC3)n2)ccc1C)C(=O)OC. The lowest BCUT2D eigenvalue weighted by Gasteiger charge is -2.19. The number of aryl methyl sites for hydroxylation is 1. The van der Waals surface area contributed by atoms with Crippen LogP contribution in [0.5, 0.6) is 5.75 Å². The molecule has 1 aromatic carbocycles. The molecule has 3 rings (SSSR count). The Kier molecular flexibility index (Phi) is 6.78. The quantitative estimate of drug-likeness (QED) is 0.352. The van der Waals surface area contributed by atoms with Gasteiger partial charge >= 0.3 is 5.97 Å². The monoisotopic (exact) mass is 448 g/mol. The third-order valence-electron chi connectivity index (χ3n) is 4.96. The number of ether oxygens (including phenoxy) is 3. The number of benzene rings is 1. The standard InChI is InChI=1S/C21H25BrN2O4/c1-14-9-10-16(11-18(14)28-19(13-26-2)21(25)27-3)24-12-17(22)20(23-24)15-7-5-4-6-8-15/h9-13,15H,4-8H2,1-3H3/b19-13-. The van der Waals surface area contributed by atoms with Crippen LogP contribution in [-0.4, -0.2) is 30.0 Å². The van der Waals surface area contributed by atoms with Crippen LogP contribution in [0.2, 0.25) is 0 Å². The highest BCUT2D eigenvalue weighted by Crippen LogP contribution is 2.36. The number of nitrogens with zero attached hydrogens (tertiary/aromatic N) is 2. The predicted octanol–water partition coefficient (Wildman–Crippen LogP) is 5.03. The molecule has 0 spiro atoms. The molecule has 2 aromatic rings. The average molecular weight is 449 g/mol. The number of rotatable bonds is 6. The van der Waals surface area contributed by atoms with Gasteiger partial charge in [-0.3, -0.25) is 0 Å². The predicted molar refractivity (Wildman–Crippen MR) is 110 cm³/mol. The summed E-state index contributed by atoms with van der Waals surface area (Å²) in [5.41, 5.74) is 2.84. The molecule has 1 saturated carbocycles. The molecule has 0 radical (unpaired) electrons. The Labute approximate surface area is 173 Å². The van der Waals surface area contributed by atoms with Crippen molar-refractivity contribution in [2.75, 3.05) is 14.2 Å². The van der Waals surface area contributed by atoms with Crippen LogP contribution in [-0.2, 0) is 14.3 Å². The van der Waals surface area contributed by atoms with Gasteiger partial charge in [-0.1, -0.05) is 25.3 Å². The third kappa shape index (κ3) is 4.58. The molecule has 7 heteroatoms. The summed E-state index contributed by atoms with van der Waals surface area (Å²) in [5, 5.41) is 4.82. The van der Waals surface area contributed by atoms with Gasteiger partial charge in [-0.25, -0.2) is 9.48 Å². The minimum atomic E-state index is -0.604. The Morgan fingerprint density at radius 1 is 1.25 bits per heavy atom. The first-order chi connectivity index (χ1) is 13.5. The van der Waals surface area contributed by atoms with Crippen molar-refractivity contribution in [2.45, 2.75) is 44.9 Å². The van der Waals surface area contributed by atoms with E-state index in [0.29, 0.717) is 11.7 Å². The van der Waals surface area contributed by atoms with Gasteiger partial charge in [-0.15, -0.1) is 0 Å². The van der Waals surface area contributed by atoms with Crippen LogP contribution in [0.4, 0.5) is 0 Å². The smallest absolute Gasteiger partial charge is 0.377 e. The molecule has 0 aliphatic heterocycles. The molecule has 1 aliphatic carbocycles. The largest absolute Gasteiger partial charge is 0.500 e. The summed E-state index contributed by atoms with van der Waals surface area (Å²) in [5.74, 6) is 0.418. The number of halogens is 1. The normalized spacial score (nSPS) is 15.4. The van der Waals surface area contributed by atoms with Gasteiger partial charge in [0, 0.05) is 18.2 Å². The zero-order valence-corrected chi connectivity index (χ0v) is 18.0. The van der Waals surface area contributed by atoms with E-state index in [-0.39, 0.29) is 5.76 Å². The number of carbonyl (C=O) groups excluding carboxylic acids is 1. The number of hydrogen-bond acceptors (Lipinski definition) is 5. The lowest BCUT2D eigenvalue weighted by Crippen LogP contribution is -2.12. The summed E-state index contributed by atoms with van der Waals surface area (Å²) < 4.78 is 18.3. The van der Waals surface area contributed by atoms with Crippen LogP contribution < -0.4 is 4.74 Å². The maximum absolute atomic E-state index is 11.9. The fourth-order valence-electron chi connectivity index (χ4n) is 3.43. The van der Waals surface area contributed by atoms with Gasteiger partial charge in [-0.2, -0.15) is 5.10 Å². The van der Waals surface area contributed by atoms with E-state index < -0.39 is 5.97 Å².